The Kier molecular flexibility index (Phi) is 6.29. The predicted molar refractivity (Wildman–Crippen MR) is 106 cm³/mol. The van der Waals surface area contributed by atoms with Gasteiger partial charge in [0, 0.05) is 18.8 Å². The Labute approximate surface area is 168 Å². The molecule has 3 N–H and O–H groups in total. The molecule has 0 bridgehead atoms. The van der Waals surface area contributed by atoms with Crippen LogP contribution in [0.5, 0.6) is 0 Å². The molecule has 9 heteroatoms. The number of hydrogen-bond donors (Lipinski definition) is 2. The second-order valence-corrected chi connectivity index (χ2v) is 8.92. The van der Waals surface area contributed by atoms with Gasteiger partial charge in [0.1, 0.15) is 5.82 Å². The molecule has 0 aliphatic carbocycles. The highest BCUT2D eigenvalue weighted by molar-refractivity contribution is 7.89. The zero-order valence-corrected chi connectivity index (χ0v) is 16.5. The normalized spacial score (nSPS) is 17.6. The summed E-state index contributed by atoms with van der Waals surface area (Å²) in [7, 11) is -3.79. The molecule has 154 valence electrons. The summed E-state index contributed by atoms with van der Waals surface area (Å²) < 4.78 is 39.9. The van der Waals surface area contributed by atoms with Crippen LogP contribution in [-0.4, -0.2) is 37.6 Å². The number of nitrogens with one attached hydrogen (secondary N) is 1. The van der Waals surface area contributed by atoms with Gasteiger partial charge in [-0.2, -0.15) is 4.31 Å². The summed E-state index contributed by atoms with van der Waals surface area (Å²) in [4.78, 5) is 23.6. The van der Waals surface area contributed by atoms with Crippen molar-refractivity contribution in [3.63, 3.8) is 0 Å². The second kappa shape index (κ2) is 8.71. The summed E-state index contributed by atoms with van der Waals surface area (Å²) >= 11 is 0. The number of sulfonamides is 1. The molecule has 1 fully saturated rings. The van der Waals surface area contributed by atoms with E-state index in [1.54, 1.807) is 24.3 Å². The van der Waals surface area contributed by atoms with E-state index in [2.05, 4.69) is 5.32 Å². The number of halogens is 1. The lowest BCUT2D eigenvalue weighted by Crippen LogP contribution is -2.43. The smallest absolute Gasteiger partial charge is 0.243 e. The fourth-order valence-corrected chi connectivity index (χ4v) is 4.81. The lowest BCUT2D eigenvalue weighted by Gasteiger charge is -2.31. The summed E-state index contributed by atoms with van der Waals surface area (Å²) in [5, 5.41) is 2.79. The summed E-state index contributed by atoms with van der Waals surface area (Å²) in [6.45, 7) is 0.372. The maximum atomic E-state index is 13.1. The van der Waals surface area contributed by atoms with Crippen LogP contribution >= 0.6 is 0 Å². The molecule has 29 heavy (non-hydrogen) atoms. The van der Waals surface area contributed by atoms with Crippen molar-refractivity contribution < 1.29 is 22.4 Å². The molecule has 1 aliphatic rings. The van der Waals surface area contributed by atoms with Crippen molar-refractivity contribution in [1.29, 1.82) is 0 Å². The molecule has 2 aromatic rings. The highest BCUT2D eigenvalue weighted by atomic mass is 32.2. The minimum absolute atomic E-state index is 0.00463. The van der Waals surface area contributed by atoms with Crippen molar-refractivity contribution in [1.82, 2.24) is 4.31 Å². The second-order valence-electron chi connectivity index (χ2n) is 6.99. The van der Waals surface area contributed by atoms with Gasteiger partial charge in [-0.1, -0.05) is 12.1 Å². The quantitative estimate of drug-likeness (QED) is 0.745. The van der Waals surface area contributed by atoms with E-state index >= 15 is 0 Å². The van der Waals surface area contributed by atoms with Crippen molar-refractivity contribution >= 4 is 27.5 Å². The van der Waals surface area contributed by atoms with Crippen LogP contribution in [0.1, 0.15) is 18.4 Å². The number of piperidine rings is 1. The Morgan fingerprint density at radius 3 is 2.38 bits per heavy atom. The Morgan fingerprint density at radius 2 is 1.76 bits per heavy atom. The average molecular weight is 419 g/mol. The highest BCUT2D eigenvalue weighted by Crippen LogP contribution is 2.25. The van der Waals surface area contributed by atoms with Gasteiger partial charge in [-0.15, -0.1) is 0 Å². The highest BCUT2D eigenvalue weighted by Gasteiger charge is 2.33. The number of rotatable bonds is 6. The van der Waals surface area contributed by atoms with Gasteiger partial charge in [-0.3, -0.25) is 9.59 Å². The van der Waals surface area contributed by atoms with Crippen molar-refractivity contribution in [2.75, 3.05) is 18.4 Å². The Morgan fingerprint density at radius 1 is 1.10 bits per heavy atom. The molecular formula is C20H22FN3O4S. The van der Waals surface area contributed by atoms with Crippen LogP contribution < -0.4 is 11.1 Å². The number of benzene rings is 2. The number of anilines is 1. The van der Waals surface area contributed by atoms with E-state index in [0.717, 1.165) is 17.7 Å². The zero-order valence-electron chi connectivity index (χ0n) is 15.7. The van der Waals surface area contributed by atoms with Crippen LogP contribution in [0.25, 0.3) is 0 Å². The Bertz CT molecular complexity index is 991. The molecule has 0 aromatic heterocycles. The fourth-order valence-electron chi connectivity index (χ4n) is 3.28. The van der Waals surface area contributed by atoms with Crippen molar-refractivity contribution in [2.45, 2.75) is 24.2 Å². The van der Waals surface area contributed by atoms with Gasteiger partial charge >= 0.3 is 0 Å². The SMILES string of the molecule is NC(=O)Cc1ccc(NC(=O)[C@H]2CCCN(S(=O)(=O)c3ccc(F)cc3)C2)cc1. The van der Waals surface area contributed by atoms with Gasteiger partial charge in [0.05, 0.1) is 17.2 Å². The topological polar surface area (TPSA) is 110 Å². The van der Waals surface area contributed by atoms with E-state index in [0.29, 0.717) is 25.1 Å². The predicted octanol–water partition coefficient (Wildman–Crippen LogP) is 1.89. The van der Waals surface area contributed by atoms with E-state index in [1.165, 1.54) is 16.4 Å². The minimum Gasteiger partial charge on any atom is -0.369 e. The molecule has 0 spiro atoms. The van der Waals surface area contributed by atoms with Crippen LogP contribution in [-0.2, 0) is 26.0 Å². The molecule has 0 radical (unpaired) electrons. The molecule has 1 atom stereocenters. The fraction of sp³-hybridized carbons (Fsp3) is 0.300. The molecule has 2 aromatic carbocycles. The van der Waals surface area contributed by atoms with Gasteiger partial charge in [0.15, 0.2) is 0 Å². The van der Waals surface area contributed by atoms with E-state index in [1.807, 2.05) is 0 Å². The van der Waals surface area contributed by atoms with Crippen LogP contribution in [0.2, 0.25) is 0 Å². The lowest BCUT2D eigenvalue weighted by atomic mass is 9.98. The Hall–Kier alpha value is -2.78. The lowest BCUT2D eigenvalue weighted by molar-refractivity contribution is -0.121. The van der Waals surface area contributed by atoms with Gasteiger partial charge in [-0.25, -0.2) is 12.8 Å². The standard InChI is InChI=1S/C20H22FN3O4S/c21-16-5-9-18(10-6-16)29(27,28)24-11-1-2-15(13-24)20(26)23-17-7-3-14(4-8-17)12-19(22)25/h3-10,15H,1-2,11-13H2,(H2,22,25)(H,23,26)/t15-/m0/s1. The number of nitrogens with two attached hydrogens (primary N) is 1. The number of nitrogens with zero attached hydrogens (tertiary/aromatic N) is 1. The third kappa shape index (κ3) is 5.18. The molecule has 0 saturated carbocycles. The monoisotopic (exact) mass is 419 g/mol. The number of carbonyl (C=O) groups excluding carboxylic acids is 2. The molecule has 3 rings (SSSR count). The molecule has 0 unspecified atom stereocenters. The number of amides is 2. The van der Waals surface area contributed by atoms with Crippen molar-refractivity contribution in [3.05, 3.63) is 59.9 Å². The summed E-state index contributed by atoms with van der Waals surface area (Å²) in [5.41, 5.74) is 6.45. The summed E-state index contributed by atoms with van der Waals surface area (Å²) in [5.74, 6) is -1.72. The molecule has 1 heterocycles. The van der Waals surface area contributed by atoms with Crippen LogP contribution in [0, 0.1) is 11.7 Å². The summed E-state index contributed by atoms with van der Waals surface area (Å²) in [6.07, 6.45) is 1.24. The molecule has 1 aliphatic heterocycles. The van der Waals surface area contributed by atoms with Gasteiger partial charge in [-0.05, 0) is 54.8 Å². The van der Waals surface area contributed by atoms with Crippen molar-refractivity contribution in [3.8, 4) is 0 Å². The van der Waals surface area contributed by atoms with E-state index in [4.69, 9.17) is 5.73 Å². The minimum atomic E-state index is -3.79. The molecule has 2 amide bonds. The molecular weight excluding hydrogens is 397 g/mol. The van der Waals surface area contributed by atoms with Crippen LogP contribution in [0.15, 0.2) is 53.4 Å². The zero-order chi connectivity index (χ0) is 21.0. The average Bonchev–Trinajstić information content (AvgIpc) is 2.69. The van der Waals surface area contributed by atoms with E-state index in [9.17, 15) is 22.4 Å². The first-order valence-corrected chi connectivity index (χ1v) is 10.6. The third-order valence-corrected chi connectivity index (χ3v) is 6.69. The summed E-state index contributed by atoms with van der Waals surface area (Å²) in [6, 6.07) is 11.4. The maximum Gasteiger partial charge on any atom is 0.243 e. The number of hydrogen-bond acceptors (Lipinski definition) is 4. The number of primary amides is 1. The third-order valence-electron chi connectivity index (χ3n) is 4.81. The molecule has 1 saturated heterocycles. The maximum absolute atomic E-state index is 13.1. The van der Waals surface area contributed by atoms with Crippen LogP contribution in [0.4, 0.5) is 10.1 Å². The van der Waals surface area contributed by atoms with Gasteiger partial charge in [0.25, 0.3) is 0 Å². The largest absolute Gasteiger partial charge is 0.369 e. The first-order chi connectivity index (χ1) is 13.8. The molecule has 7 nitrogen and oxygen atoms in total. The Balaban J connectivity index is 1.66. The first kappa shape index (κ1) is 20.9. The first-order valence-electron chi connectivity index (χ1n) is 9.19. The van der Waals surface area contributed by atoms with Gasteiger partial charge < -0.3 is 11.1 Å². The van der Waals surface area contributed by atoms with Crippen LogP contribution in [0.3, 0.4) is 0 Å². The number of carbonyl (C=O) groups is 2. The van der Waals surface area contributed by atoms with E-state index in [-0.39, 0.29) is 23.8 Å². The van der Waals surface area contributed by atoms with E-state index < -0.39 is 27.7 Å². The van der Waals surface area contributed by atoms with Crippen molar-refractivity contribution in [2.24, 2.45) is 11.7 Å². The van der Waals surface area contributed by atoms with Gasteiger partial charge in [0.2, 0.25) is 21.8 Å².